The molecule has 6 N–H and O–H groups in total. The van der Waals surface area contributed by atoms with E-state index >= 15 is 0 Å². The number of fused-ring (bicyclic) bond motifs is 3. The van der Waals surface area contributed by atoms with Crippen LogP contribution in [0.4, 0.5) is 0 Å². The molecule has 1 fully saturated rings. The molecule has 5 rings (SSSR count). The smallest absolute Gasteiger partial charge is 0.338 e. The summed E-state index contributed by atoms with van der Waals surface area (Å²) in [5.41, 5.74) is 3.20. The zero-order valence-corrected chi connectivity index (χ0v) is 22.7. The monoisotopic (exact) mass is 562 g/mol. The maximum absolute atomic E-state index is 14.0. The van der Waals surface area contributed by atoms with Gasteiger partial charge in [0.1, 0.15) is 22.8 Å². The predicted molar refractivity (Wildman–Crippen MR) is 146 cm³/mol. The molecule has 1 amide bonds. The van der Waals surface area contributed by atoms with E-state index in [0.29, 0.717) is 16.7 Å². The SMILES string of the molecule is CCOC(=O)c1ccccc1-c1ccc(O)c2c1CC1CC3[C@H](N(C)C)C(=O)C(C(N)=O)=C(O)[C@@]3(O)C(=O)C1=C2O. The number of ketones is 2. The van der Waals surface area contributed by atoms with Crippen molar-refractivity contribution in [2.24, 2.45) is 17.6 Å². The van der Waals surface area contributed by atoms with E-state index in [1.54, 1.807) is 37.3 Å². The number of carbonyl (C=O) groups is 4. The number of amides is 1. The lowest BCUT2D eigenvalue weighted by atomic mass is 9.57. The average molecular weight is 563 g/mol. The van der Waals surface area contributed by atoms with E-state index < -0.39 is 64.0 Å². The van der Waals surface area contributed by atoms with Gasteiger partial charge >= 0.3 is 5.97 Å². The molecule has 0 bridgehead atoms. The first-order valence-electron chi connectivity index (χ1n) is 13.1. The molecule has 4 atom stereocenters. The Hall–Kier alpha value is -4.48. The number of benzene rings is 2. The number of ether oxygens (including phenoxy) is 1. The maximum Gasteiger partial charge on any atom is 0.338 e. The maximum atomic E-state index is 14.0. The third-order valence-electron chi connectivity index (χ3n) is 8.32. The fourth-order valence-corrected chi connectivity index (χ4v) is 6.60. The number of nitrogens with zero attached hydrogens (tertiary/aromatic N) is 1. The highest BCUT2D eigenvalue weighted by molar-refractivity contribution is 6.24. The molecule has 3 aliphatic rings. The molecule has 2 unspecified atom stereocenters. The second-order valence-corrected chi connectivity index (χ2v) is 10.7. The van der Waals surface area contributed by atoms with Gasteiger partial charge in [0.05, 0.1) is 23.8 Å². The van der Waals surface area contributed by atoms with E-state index in [2.05, 4.69) is 0 Å². The molecule has 0 radical (unpaired) electrons. The van der Waals surface area contributed by atoms with Gasteiger partial charge in [-0.3, -0.25) is 19.3 Å². The van der Waals surface area contributed by atoms with E-state index in [1.807, 2.05) is 0 Å². The summed E-state index contributed by atoms with van der Waals surface area (Å²) in [6.45, 7) is 1.84. The number of carbonyl (C=O) groups excluding carboxylic acids is 4. The first-order chi connectivity index (χ1) is 19.4. The molecular weight excluding hydrogens is 532 g/mol. The number of aliphatic hydroxyl groups is 3. The number of aromatic hydroxyl groups is 1. The van der Waals surface area contributed by atoms with Gasteiger partial charge in [-0.05, 0) is 68.6 Å². The topological polar surface area (TPSA) is 188 Å². The van der Waals surface area contributed by atoms with Gasteiger partial charge in [-0.25, -0.2) is 4.79 Å². The summed E-state index contributed by atoms with van der Waals surface area (Å²) in [7, 11) is 3.08. The first kappa shape index (κ1) is 28.1. The summed E-state index contributed by atoms with van der Waals surface area (Å²) in [5.74, 6) is -7.78. The summed E-state index contributed by atoms with van der Waals surface area (Å²) in [6.07, 6.45) is 0.0514. The normalized spacial score (nSPS) is 25.5. The van der Waals surface area contributed by atoms with Gasteiger partial charge in [-0.2, -0.15) is 0 Å². The van der Waals surface area contributed by atoms with E-state index in [0.717, 1.165) is 0 Å². The van der Waals surface area contributed by atoms with Crippen LogP contribution in [0, 0.1) is 11.8 Å². The fourth-order valence-electron chi connectivity index (χ4n) is 6.60. The highest BCUT2D eigenvalue weighted by atomic mass is 16.5. The van der Waals surface area contributed by atoms with Gasteiger partial charge in [-0.15, -0.1) is 0 Å². The Balaban J connectivity index is 1.73. The molecule has 0 aromatic heterocycles. The Labute approximate surface area is 235 Å². The van der Waals surface area contributed by atoms with Crippen LogP contribution < -0.4 is 5.73 Å². The molecule has 11 heteroatoms. The van der Waals surface area contributed by atoms with Gasteiger partial charge in [-0.1, -0.05) is 24.3 Å². The zero-order chi connectivity index (χ0) is 30.0. The molecule has 0 heterocycles. The molecule has 0 saturated heterocycles. The molecule has 214 valence electrons. The second-order valence-electron chi connectivity index (χ2n) is 10.7. The van der Waals surface area contributed by atoms with Gasteiger partial charge in [0.15, 0.2) is 11.4 Å². The molecule has 1 saturated carbocycles. The molecule has 41 heavy (non-hydrogen) atoms. The lowest BCUT2D eigenvalue weighted by molar-refractivity contribution is -0.153. The van der Waals surface area contributed by atoms with E-state index in [4.69, 9.17) is 10.5 Å². The second kappa shape index (κ2) is 9.86. The van der Waals surface area contributed by atoms with Crippen molar-refractivity contribution in [1.82, 2.24) is 4.90 Å². The third kappa shape index (κ3) is 3.95. The Morgan fingerprint density at radius 2 is 1.76 bits per heavy atom. The van der Waals surface area contributed by atoms with Crippen molar-refractivity contribution in [3.63, 3.8) is 0 Å². The van der Waals surface area contributed by atoms with Crippen LogP contribution >= 0.6 is 0 Å². The number of aliphatic hydroxyl groups excluding tert-OH is 2. The number of phenolic OH excluding ortho intramolecular Hbond substituents is 1. The minimum atomic E-state index is -2.71. The number of esters is 1. The summed E-state index contributed by atoms with van der Waals surface area (Å²) < 4.78 is 5.21. The predicted octanol–water partition coefficient (Wildman–Crippen LogP) is 1.81. The minimum absolute atomic E-state index is 0.0413. The van der Waals surface area contributed by atoms with Crippen molar-refractivity contribution in [3.8, 4) is 16.9 Å². The van der Waals surface area contributed by atoms with Crippen molar-refractivity contribution in [3.05, 3.63) is 70.0 Å². The Morgan fingerprint density at radius 1 is 1.07 bits per heavy atom. The van der Waals surface area contributed by atoms with Gasteiger partial charge in [0, 0.05) is 11.5 Å². The van der Waals surface area contributed by atoms with Crippen LogP contribution in [-0.2, 0) is 25.5 Å². The van der Waals surface area contributed by atoms with E-state index in [1.165, 1.54) is 25.1 Å². The Kier molecular flexibility index (Phi) is 6.75. The standard InChI is InChI=1S/C30H30N2O9/c1-4-41-29(39)16-8-6-5-7-14(16)15-9-10-19(33)21-17(15)11-13-12-18-23(32(2)3)25(35)22(28(31)38)27(37)30(18,40)26(36)20(13)24(21)34/h5-10,13,18,23,33-34,37,40H,4,11-12H2,1-3H3,(H2,31,38)/t13?,18?,23-,30-/m0/s1. The number of hydrogen-bond acceptors (Lipinski definition) is 10. The highest BCUT2D eigenvalue weighted by Crippen LogP contribution is 2.53. The molecule has 2 aromatic carbocycles. The van der Waals surface area contributed by atoms with Crippen molar-refractivity contribution in [2.75, 3.05) is 20.7 Å². The fraction of sp³-hybridized carbons (Fsp3) is 0.333. The Morgan fingerprint density at radius 3 is 2.39 bits per heavy atom. The summed E-state index contributed by atoms with van der Waals surface area (Å²) in [5, 5.41) is 45.0. The van der Waals surface area contributed by atoms with Crippen molar-refractivity contribution < 1.29 is 44.3 Å². The van der Waals surface area contributed by atoms with Crippen LogP contribution in [0.1, 0.15) is 34.8 Å². The van der Waals surface area contributed by atoms with Crippen LogP contribution in [0.2, 0.25) is 0 Å². The van der Waals surface area contributed by atoms with Crippen LogP contribution in [0.5, 0.6) is 5.75 Å². The molecule has 0 aliphatic heterocycles. The zero-order valence-electron chi connectivity index (χ0n) is 22.7. The lowest BCUT2D eigenvalue weighted by Crippen LogP contribution is -2.65. The summed E-state index contributed by atoms with van der Waals surface area (Å²) in [6, 6.07) is 8.46. The Bertz CT molecular complexity index is 1590. The minimum Gasteiger partial charge on any atom is -0.508 e. The van der Waals surface area contributed by atoms with Crippen LogP contribution in [0.3, 0.4) is 0 Å². The van der Waals surface area contributed by atoms with Crippen LogP contribution in [-0.4, -0.2) is 81.1 Å². The number of phenols is 1. The molecular formula is C30H30N2O9. The van der Waals surface area contributed by atoms with Gasteiger partial charge < -0.3 is 30.9 Å². The van der Waals surface area contributed by atoms with E-state index in [9.17, 15) is 39.6 Å². The highest BCUT2D eigenvalue weighted by Gasteiger charge is 2.64. The molecule has 11 nitrogen and oxygen atoms in total. The van der Waals surface area contributed by atoms with Gasteiger partial charge in [0.2, 0.25) is 5.78 Å². The molecule has 3 aliphatic carbocycles. The van der Waals surface area contributed by atoms with Crippen molar-refractivity contribution in [1.29, 1.82) is 0 Å². The van der Waals surface area contributed by atoms with Crippen molar-refractivity contribution >= 4 is 29.2 Å². The third-order valence-corrected chi connectivity index (χ3v) is 8.32. The molecule has 2 aromatic rings. The summed E-state index contributed by atoms with van der Waals surface area (Å²) in [4.78, 5) is 53.6. The lowest BCUT2D eigenvalue weighted by Gasteiger charge is -2.50. The van der Waals surface area contributed by atoms with Crippen molar-refractivity contribution in [2.45, 2.75) is 31.4 Å². The van der Waals surface area contributed by atoms with Crippen LogP contribution in [0.25, 0.3) is 16.9 Å². The quantitative estimate of drug-likeness (QED) is 0.266. The van der Waals surface area contributed by atoms with Gasteiger partial charge in [0.25, 0.3) is 5.91 Å². The average Bonchev–Trinajstić information content (AvgIpc) is 2.90. The number of Topliss-reactive ketones (excluding diaryl/α,β-unsaturated/α-hetero) is 2. The summed E-state index contributed by atoms with van der Waals surface area (Å²) >= 11 is 0. The van der Waals surface area contributed by atoms with Crippen LogP contribution in [0.15, 0.2) is 53.3 Å². The number of likely N-dealkylation sites (N-methyl/N-ethyl adjacent to an activating group) is 1. The van der Waals surface area contributed by atoms with E-state index in [-0.39, 0.29) is 41.9 Å². The number of hydrogen-bond donors (Lipinski definition) is 5. The first-order valence-corrected chi connectivity index (χ1v) is 13.1. The number of nitrogens with two attached hydrogens (primary N) is 1. The number of primary amides is 1. The molecule has 0 spiro atoms. The largest absolute Gasteiger partial charge is 0.508 e. The number of rotatable bonds is 5.